The van der Waals surface area contributed by atoms with E-state index in [0.717, 1.165) is 43.2 Å². The van der Waals surface area contributed by atoms with Crippen LogP contribution in [0.1, 0.15) is 49.7 Å². The highest BCUT2D eigenvalue weighted by Crippen LogP contribution is 2.25. The number of carbonyl (C=O) groups is 2. The topological polar surface area (TPSA) is 54.4 Å². The summed E-state index contributed by atoms with van der Waals surface area (Å²) < 4.78 is 0. The number of hydrogen-bond donors (Lipinski definition) is 1. The molecule has 1 aliphatic rings. The van der Waals surface area contributed by atoms with Crippen molar-refractivity contribution in [3.8, 4) is 0 Å². The maximum atomic E-state index is 11.8. The number of ketones is 1. The minimum Gasteiger partial charge on any atom is -0.481 e. The molecule has 0 aromatic heterocycles. The van der Waals surface area contributed by atoms with Crippen molar-refractivity contribution < 1.29 is 14.7 Å². The Kier molecular flexibility index (Phi) is 4.35. The lowest BCUT2D eigenvalue weighted by Gasteiger charge is -2.20. The van der Waals surface area contributed by atoms with Crippen LogP contribution in [-0.2, 0) is 16.0 Å². The van der Waals surface area contributed by atoms with Gasteiger partial charge in [0.05, 0.1) is 5.92 Å². The van der Waals surface area contributed by atoms with Crippen LogP contribution >= 0.6 is 0 Å². The average molecular weight is 260 g/mol. The van der Waals surface area contributed by atoms with Crippen molar-refractivity contribution in [3.63, 3.8) is 0 Å². The zero-order chi connectivity index (χ0) is 13.8. The Morgan fingerprint density at radius 2 is 2.00 bits per heavy atom. The highest BCUT2D eigenvalue weighted by Gasteiger charge is 2.22. The number of hydrogen-bond acceptors (Lipinski definition) is 2. The highest BCUT2D eigenvalue weighted by molar-refractivity contribution is 5.81. The number of carbonyl (C=O) groups excluding carboxylic acids is 1. The van der Waals surface area contributed by atoms with Crippen LogP contribution in [0.15, 0.2) is 24.3 Å². The minimum absolute atomic E-state index is 0.163. The van der Waals surface area contributed by atoms with E-state index in [1.54, 1.807) is 6.92 Å². The zero-order valence-electron chi connectivity index (χ0n) is 11.3. The number of carboxylic acids is 1. The third kappa shape index (κ3) is 3.43. The summed E-state index contributed by atoms with van der Waals surface area (Å²) in [5.41, 5.74) is 1.94. The fourth-order valence-electron chi connectivity index (χ4n) is 2.64. The van der Waals surface area contributed by atoms with E-state index in [9.17, 15) is 9.59 Å². The first-order valence-corrected chi connectivity index (χ1v) is 6.92. The van der Waals surface area contributed by atoms with Gasteiger partial charge in [-0.05, 0) is 37.3 Å². The molecule has 1 aromatic rings. The zero-order valence-corrected chi connectivity index (χ0v) is 11.3. The molecule has 2 atom stereocenters. The molecule has 0 bridgehead atoms. The molecule has 0 heterocycles. The molecule has 1 saturated carbocycles. The van der Waals surface area contributed by atoms with Crippen LogP contribution in [0, 0.1) is 5.92 Å². The van der Waals surface area contributed by atoms with Crippen LogP contribution in [-0.4, -0.2) is 16.9 Å². The first kappa shape index (κ1) is 13.8. The van der Waals surface area contributed by atoms with Gasteiger partial charge in [0.2, 0.25) is 0 Å². The summed E-state index contributed by atoms with van der Waals surface area (Å²) in [6, 6.07) is 7.64. The molecular formula is C16H20O3. The molecule has 1 aliphatic carbocycles. The molecule has 3 heteroatoms. The number of rotatable bonds is 4. The molecular weight excluding hydrogens is 240 g/mol. The van der Waals surface area contributed by atoms with E-state index in [0.29, 0.717) is 5.78 Å². The van der Waals surface area contributed by atoms with Crippen molar-refractivity contribution >= 4 is 11.8 Å². The predicted octanol–water partition coefficient (Wildman–Crippen LogP) is 3.18. The lowest BCUT2D eigenvalue weighted by molar-refractivity contribution is -0.138. The van der Waals surface area contributed by atoms with Gasteiger partial charge in [-0.25, -0.2) is 0 Å². The first-order chi connectivity index (χ1) is 9.08. The van der Waals surface area contributed by atoms with Crippen molar-refractivity contribution in [2.45, 2.75) is 44.9 Å². The second kappa shape index (κ2) is 6.00. The molecule has 1 N–H and O–H groups in total. The molecule has 3 nitrogen and oxygen atoms in total. The van der Waals surface area contributed by atoms with Gasteiger partial charge in [0.25, 0.3) is 0 Å². The van der Waals surface area contributed by atoms with E-state index in [2.05, 4.69) is 0 Å². The molecule has 0 aliphatic heterocycles. The summed E-state index contributed by atoms with van der Waals surface area (Å²) in [5.74, 6) is -0.744. The Bertz CT molecular complexity index is 461. The number of carboxylic acid groups (broad SMARTS) is 1. The summed E-state index contributed by atoms with van der Waals surface area (Å²) in [7, 11) is 0. The molecule has 0 amide bonds. The third-order valence-electron chi connectivity index (χ3n) is 4.01. The van der Waals surface area contributed by atoms with Gasteiger partial charge < -0.3 is 5.11 Å². The monoisotopic (exact) mass is 260 g/mol. The van der Waals surface area contributed by atoms with Crippen molar-refractivity contribution in [2.24, 2.45) is 5.92 Å². The largest absolute Gasteiger partial charge is 0.481 e. The van der Waals surface area contributed by atoms with Gasteiger partial charge in [0, 0.05) is 12.3 Å². The van der Waals surface area contributed by atoms with Gasteiger partial charge in [-0.1, -0.05) is 30.7 Å². The molecule has 0 unspecified atom stereocenters. The van der Waals surface area contributed by atoms with E-state index in [4.69, 9.17) is 5.11 Å². The van der Waals surface area contributed by atoms with E-state index >= 15 is 0 Å². The Labute approximate surface area is 113 Å². The molecule has 19 heavy (non-hydrogen) atoms. The predicted molar refractivity (Wildman–Crippen MR) is 73.2 cm³/mol. The fraction of sp³-hybridized carbons (Fsp3) is 0.500. The first-order valence-electron chi connectivity index (χ1n) is 6.92. The average Bonchev–Trinajstić information content (AvgIpc) is 2.41. The Balaban J connectivity index is 2.02. The van der Waals surface area contributed by atoms with Crippen LogP contribution in [0.3, 0.4) is 0 Å². The van der Waals surface area contributed by atoms with E-state index < -0.39 is 11.9 Å². The lowest BCUT2D eigenvalue weighted by atomic mass is 9.83. The molecule has 0 spiro atoms. The minimum atomic E-state index is -0.810. The Morgan fingerprint density at radius 3 is 2.58 bits per heavy atom. The maximum absolute atomic E-state index is 11.8. The third-order valence-corrected chi connectivity index (χ3v) is 4.01. The van der Waals surface area contributed by atoms with E-state index in [-0.39, 0.29) is 5.92 Å². The fourth-order valence-corrected chi connectivity index (χ4v) is 2.64. The molecule has 102 valence electrons. The smallest absolute Gasteiger partial charge is 0.310 e. The molecule has 2 rings (SSSR count). The van der Waals surface area contributed by atoms with Crippen LogP contribution in [0.4, 0.5) is 0 Å². The summed E-state index contributed by atoms with van der Waals surface area (Å²) in [4.78, 5) is 22.7. The second-order valence-corrected chi connectivity index (χ2v) is 5.41. The standard InChI is InChI=1S/C16H20O3/c1-11(16(18)19)13-8-6-12(7-9-13)10-14-4-2-3-5-15(14)17/h6-9,11,14H,2-5,10H2,1H3,(H,18,19)/t11-,14+/m1/s1. The number of Topliss-reactive ketones (excluding diaryl/α,β-unsaturated/α-hetero) is 1. The second-order valence-electron chi connectivity index (χ2n) is 5.41. The van der Waals surface area contributed by atoms with Crippen LogP contribution in [0.5, 0.6) is 0 Å². The van der Waals surface area contributed by atoms with Gasteiger partial charge in [-0.2, -0.15) is 0 Å². The normalized spacial score (nSPS) is 21.1. The summed E-state index contributed by atoms with van der Waals surface area (Å²) in [6.45, 7) is 1.68. The summed E-state index contributed by atoms with van der Waals surface area (Å²) in [5, 5.41) is 8.96. The van der Waals surface area contributed by atoms with Gasteiger partial charge in [-0.3, -0.25) is 9.59 Å². The summed E-state index contributed by atoms with van der Waals surface area (Å²) >= 11 is 0. The van der Waals surface area contributed by atoms with Crippen molar-refractivity contribution in [2.75, 3.05) is 0 Å². The van der Waals surface area contributed by atoms with Gasteiger partial charge in [0.1, 0.15) is 5.78 Å². The van der Waals surface area contributed by atoms with Crippen molar-refractivity contribution in [1.29, 1.82) is 0 Å². The number of benzene rings is 1. The Hall–Kier alpha value is -1.64. The van der Waals surface area contributed by atoms with Crippen molar-refractivity contribution in [1.82, 2.24) is 0 Å². The van der Waals surface area contributed by atoms with Gasteiger partial charge in [-0.15, -0.1) is 0 Å². The SMILES string of the molecule is C[C@@H](C(=O)O)c1ccc(C[C@@H]2CCCCC2=O)cc1. The highest BCUT2D eigenvalue weighted by atomic mass is 16.4. The quantitative estimate of drug-likeness (QED) is 0.904. The van der Waals surface area contributed by atoms with Gasteiger partial charge in [0.15, 0.2) is 0 Å². The van der Waals surface area contributed by atoms with Crippen LogP contribution < -0.4 is 0 Å². The maximum Gasteiger partial charge on any atom is 0.310 e. The van der Waals surface area contributed by atoms with Crippen molar-refractivity contribution in [3.05, 3.63) is 35.4 Å². The molecule has 0 saturated heterocycles. The van der Waals surface area contributed by atoms with E-state index in [1.165, 1.54) is 0 Å². The molecule has 1 fully saturated rings. The Morgan fingerprint density at radius 1 is 1.32 bits per heavy atom. The van der Waals surface area contributed by atoms with Crippen LogP contribution in [0.25, 0.3) is 0 Å². The number of aliphatic carboxylic acids is 1. The van der Waals surface area contributed by atoms with E-state index in [1.807, 2.05) is 24.3 Å². The molecule has 1 aromatic carbocycles. The summed E-state index contributed by atoms with van der Waals surface area (Å²) in [6.07, 6.45) is 4.68. The van der Waals surface area contributed by atoms with Gasteiger partial charge >= 0.3 is 5.97 Å². The van der Waals surface area contributed by atoms with Crippen LogP contribution in [0.2, 0.25) is 0 Å². The lowest BCUT2D eigenvalue weighted by Crippen LogP contribution is -2.21. The molecule has 0 radical (unpaired) electrons.